The molecule has 2 unspecified atom stereocenters. The number of hydrogen-bond acceptors (Lipinski definition) is 2. The second kappa shape index (κ2) is 4.63. The van der Waals surface area contributed by atoms with Gasteiger partial charge in [-0.2, -0.15) is 0 Å². The van der Waals surface area contributed by atoms with Crippen molar-refractivity contribution in [3.63, 3.8) is 0 Å². The number of aliphatic hydroxyl groups excluding tert-OH is 1. The quantitative estimate of drug-likeness (QED) is 0.737. The van der Waals surface area contributed by atoms with Crippen LogP contribution in [0.1, 0.15) is 46.5 Å². The predicted molar refractivity (Wildman–Crippen MR) is 60.3 cm³/mol. The van der Waals surface area contributed by atoms with Crippen LogP contribution in [-0.4, -0.2) is 35.7 Å². The van der Waals surface area contributed by atoms with Crippen molar-refractivity contribution in [3.05, 3.63) is 0 Å². The molecule has 0 aromatic rings. The van der Waals surface area contributed by atoms with Crippen LogP contribution < -0.4 is 0 Å². The SMILES string of the molecule is CN(CC(C)(C)C)C1CCCC(O)C1. The lowest BCUT2D eigenvalue weighted by Gasteiger charge is -2.37. The van der Waals surface area contributed by atoms with Crippen LogP contribution in [0, 0.1) is 5.41 Å². The first-order valence-corrected chi connectivity index (χ1v) is 5.77. The van der Waals surface area contributed by atoms with Crippen molar-refractivity contribution >= 4 is 0 Å². The minimum absolute atomic E-state index is 0.0591. The maximum absolute atomic E-state index is 9.60. The van der Waals surface area contributed by atoms with E-state index in [2.05, 4.69) is 32.7 Å². The van der Waals surface area contributed by atoms with E-state index in [1.54, 1.807) is 0 Å². The lowest BCUT2D eigenvalue weighted by atomic mass is 9.89. The molecule has 2 atom stereocenters. The van der Waals surface area contributed by atoms with Crippen molar-refractivity contribution in [2.75, 3.05) is 13.6 Å². The Balaban J connectivity index is 2.39. The van der Waals surface area contributed by atoms with Crippen molar-refractivity contribution in [1.82, 2.24) is 4.90 Å². The van der Waals surface area contributed by atoms with Gasteiger partial charge in [-0.15, -0.1) is 0 Å². The molecule has 1 saturated carbocycles. The summed E-state index contributed by atoms with van der Waals surface area (Å²) in [5.74, 6) is 0. The van der Waals surface area contributed by atoms with Gasteiger partial charge >= 0.3 is 0 Å². The molecule has 1 aliphatic rings. The standard InChI is InChI=1S/C12H25NO/c1-12(2,3)9-13(4)10-6-5-7-11(14)8-10/h10-11,14H,5-9H2,1-4H3. The predicted octanol–water partition coefficient (Wildman–Crippen LogP) is 2.27. The van der Waals surface area contributed by atoms with E-state index in [0.29, 0.717) is 11.5 Å². The summed E-state index contributed by atoms with van der Waals surface area (Å²) < 4.78 is 0. The molecular formula is C12H25NO. The molecule has 2 heteroatoms. The largest absolute Gasteiger partial charge is 0.393 e. The second-order valence-electron chi connectivity index (χ2n) is 5.95. The molecule has 84 valence electrons. The molecule has 0 radical (unpaired) electrons. The molecule has 1 fully saturated rings. The fourth-order valence-corrected chi connectivity index (χ4v) is 2.42. The lowest BCUT2D eigenvalue weighted by Crippen LogP contribution is -2.41. The molecule has 1 aliphatic carbocycles. The lowest BCUT2D eigenvalue weighted by molar-refractivity contribution is 0.0596. The fraction of sp³-hybridized carbons (Fsp3) is 1.00. The molecule has 2 nitrogen and oxygen atoms in total. The Bertz CT molecular complexity index is 174. The van der Waals surface area contributed by atoms with E-state index in [0.717, 1.165) is 19.4 Å². The van der Waals surface area contributed by atoms with E-state index in [1.165, 1.54) is 12.8 Å². The Morgan fingerprint density at radius 2 is 1.93 bits per heavy atom. The van der Waals surface area contributed by atoms with Gasteiger partial charge in [0.25, 0.3) is 0 Å². The van der Waals surface area contributed by atoms with Gasteiger partial charge in [0.05, 0.1) is 6.10 Å². The third-order valence-electron chi connectivity index (χ3n) is 2.97. The summed E-state index contributed by atoms with van der Waals surface area (Å²) in [7, 11) is 2.19. The second-order valence-corrected chi connectivity index (χ2v) is 5.95. The Morgan fingerprint density at radius 3 is 2.43 bits per heavy atom. The van der Waals surface area contributed by atoms with Crippen molar-refractivity contribution in [1.29, 1.82) is 0 Å². The highest BCUT2D eigenvalue weighted by Crippen LogP contribution is 2.25. The van der Waals surface area contributed by atoms with E-state index in [-0.39, 0.29) is 6.10 Å². The van der Waals surface area contributed by atoms with Gasteiger partial charge in [0.2, 0.25) is 0 Å². The van der Waals surface area contributed by atoms with Crippen LogP contribution in [0.4, 0.5) is 0 Å². The van der Waals surface area contributed by atoms with E-state index in [1.807, 2.05) is 0 Å². The summed E-state index contributed by atoms with van der Waals surface area (Å²) in [4.78, 5) is 2.42. The van der Waals surface area contributed by atoms with E-state index in [4.69, 9.17) is 0 Å². The summed E-state index contributed by atoms with van der Waals surface area (Å²) in [5.41, 5.74) is 0.358. The van der Waals surface area contributed by atoms with Crippen molar-refractivity contribution in [2.24, 2.45) is 5.41 Å². The van der Waals surface area contributed by atoms with Crippen LogP contribution in [0.2, 0.25) is 0 Å². The molecule has 0 aromatic heterocycles. The van der Waals surface area contributed by atoms with Crippen molar-refractivity contribution in [2.45, 2.75) is 58.6 Å². The minimum atomic E-state index is -0.0591. The normalized spacial score (nSPS) is 29.6. The zero-order valence-corrected chi connectivity index (χ0v) is 10.1. The number of nitrogens with zero attached hydrogens (tertiary/aromatic N) is 1. The molecule has 0 saturated heterocycles. The van der Waals surface area contributed by atoms with Crippen molar-refractivity contribution < 1.29 is 5.11 Å². The minimum Gasteiger partial charge on any atom is -0.393 e. The van der Waals surface area contributed by atoms with Crippen LogP contribution in [0.15, 0.2) is 0 Å². The van der Waals surface area contributed by atoms with Crippen LogP contribution in [0.3, 0.4) is 0 Å². The molecule has 0 amide bonds. The smallest absolute Gasteiger partial charge is 0.0555 e. The molecule has 0 heterocycles. The fourth-order valence-electron chi connectivity index (χ4n) is 2.42. The van der Waals surface area contributed by atoms with Gasteiger partial charge in [0.1, 0.15) is 0 Å². The first-order valence-electron chi connectivity index (χ1n) is 5.77. The highest BCUT2D eigenvalue weighted by atomic mass is 16.3. The van der Waals surface area contributed by atoms with Gasteiger partial charge in [0.15, 0.2) is 0 Å². The van der Waals surface area contributed by atoms with Gasteiger partial charge < -0.3 is 10.0 Å². The van der Waals surface area contributed by atoms with Gasteiger partial charge in [-0.25, -0.2) is 0 Å². The molecule has 1 N–H and O–H groups in total. The molecule has 1 rings (SSSR count). The number of aliphatic hydroxyl groups is 1. The first-order chi connectivity index (χ1) is 6.38. The van der Waals surface area contributed by atoms with Crippen LogP contribution in [-0.2, 0) is 0 Å². The Hall–Kier alpha value is -0.0800. The maximum atomic E-state index is 9.60. The average Bonchev–Trinajstić information content (AvgIpc) is 2.01. The molecule has 0 bridgehead atoms. The third-order valence-corrected chi connectivity index (χ3v) is 2.97. The summed E-state index contributed by atoms with van der Waals surface area (Å²) >= 11 is 0. The average molecular weight is 199 g/mol. The Labute approximate surface area is 88.3 Å². The van der Waals surface area contributed by atoms with Crippen LogP contribution in [0.5, 0.6) is 0 Å². The summed E-state index contributed by atoms with van der Waals surface area (Å²) in [6.07, 6.45) is 4.34. The van der Waals surface area contributed by atoms with Gasteiger partial charge in [-0.05, 0) is 38.1 Å². The van der Waals surface area contributed by atoms with E-state index >= 15 is 0 Å². The topological polar surface area (TPSA) is 23.5 Å². The van der Waals surface area contributed by atoms with Crippen LogP contribution in [0.25, 0.3) is 0 Å². The molecule has 0 aliphatic heterocycles. The van der Waals surface area contributed by atoms with E-state index in [9.17, 15) is 5.11 Å². The summed E-state index contributed by atoms with van der Waals surface area (Å²) in [5, 5.41) is 9.60. The molecule has 14 heavy (non-hydrogen) atoms. The molecular weight excluding hydrogens is 174 g/mol. The number of rotatable bonds is 2. The Morgan fingerprint density at radius 1 is 1.29 bits per heavy atom. The summed E-state index contributed by atoms with van der Waals surface area (Å²) in [6, 6.07) is 0.595. The summed E-state index contributed by atoms with van der Waals surface area (Å²) in [6.45, 7) is 7.92. The monoisotopic (exact) mass is 199 g/mol. The molecule has 0 spiro atoms. The Kier molecular flexibility index (Phi) is 3.96. The van der Waals surface area contributed by atoms with E-state index < -0.39 is 0 Å². The van der Waals surface area contributed by atoms with Gasteiger partial charge in [0, 0.05) is 12.6 Å². The third kappa shape index (κ3) is 3.97. The van der Waals surface area contributed by atoms with Gasteiger partial charge in [-0.3, -0.25) is 0 Å². The highest BCUT2D eigenvalue weighted by Gasteiger charge is 2.25. The highest BCUT2D eigenvalue weighted by molar-refractivity contribution is 4.80. The first kappa shape index (κ1) is 12.0. The maximum Gasteiger partial charge on any atom is 0.0555 e. The van der Waals surface area contributed by atoms with Gasteiger partial charge in [-0.1, -0.05) is 20.8 Å². The zero-order valence-electron chi connectivity index (χ0n) is 10.1. The molecule has 0 aromatic carbocycles. The van der Waals surface area contributed by atoms with Crippen molar-refractivity contribution in [3.8, 4) is 0 Å². The van der Waals surface area contributed by atoms with Crippen LogP contribution >= 0.6 is 0 Å². The zero-order chi connectivity index (χ0) is 10.8. The number of hydrogen-bond donors (Lipinski definition) is 1.